The van der Waals surface area contributed by atoms with Crippen LogP contribution in [0.15, 0.2) is 70.5 Å². The van der Waals surface area contributed by atoms with Crippen molar-refractivity contribution in [1.82, 2.24) is 14.4 Å². The minimum atomic E-state index is -4.14. The van der Waals surface area contributed by atoms with Gasteiger partial charge in [0.05, 0.1) is 23.6 Å². The Hall–Kier alpha value is -4.43. The first-order chi connectivity index (χ1) is 17.6. The topological polar surface area (TPSA) is 209 Å². The third kappa shape index (κ3) is 7.52. The summed E-state index contributed by atoms with van der Waals surface area (Å²) in [6.07, 6.45) is 2.11. The van der Waals surface area contributed by atoms with E-state index < -0.39 is 40.0 Å². The van der Waals surface area contributed by atoms with Crippen LogP contribution in [-0.4, -0.2) is 61.5 Å². The number of nitrogens with one attached hydrogen (secondary N) is 3. The Labute approximate surface area is 211 Å². The normalized spacial score (nSPS) is 12.0. The number of aromatic nitrogens is 1. The Morgan fingerprint density at radius 1 is 1.11 bits per heavy atom. The fraction of sp³-hybridized carbons (Fsp3) is 0.217. The van der Waals surface area contributed by atoms with Crippen LogP contribution in [0.5, 0.6) is 5.75 Å². The predicted molar refractivity (Wildman–Crippen MR) is 134 cm³/mol. The van der Waals surface area contributed by atoms with Gasteiger partial charge >= 0.3 is 11.9 Å². The number of ether oxygens (including phenoxy) is 1. The molecule has 0 aliphatic carbocycles. The number of hydrogen-bond acceptors (Lipinski definition) is 6. The molecule has 8 N–H and O–H groups in total. The number of nitrogens with zero attached hydrogens (tertiary/aromatic N) is 1. The van der Waals surface area contributed by atoms with Gasteiger partial charge < -0.3 is 15.2 Å². The molecule has 3 aromatic rings. The summed E-state index contributed by atoms with van der Waals surface area (Å²) >= 11 is 0. The summed E-state index contributed by atoms with van der Waals surface area (Å²) in [7, 11) is -4.14. The van der Waals surface area contributed by atoms with Gasteiger partial charge in [0, 0.05) is 36.9 Å². The van der Waals surface area contributed by atoms with Crippen LogP contribution in [0.2, 0.25) is 0 Å². The summed E-state index contributed by atoms with van der Waals surface area (Å²) in [5.41, 5.74) is 10.5. The maximum absolute atomic E-state index is 12.7. The van der Waals surface area contributed by atoms with Crippen LogP contribution in [0.3, 0.4) is 0 Å². The number of carbonyl (C=O) groups is 2. The quantitative estimate of drug-likeness (QED) is 0.0833. The Bertz CT molecular complexity index is 1470. The Kier molecular flexibility index (Phi) is 8.81. The molecule has 0 aliphatic rings. The highest BCUT2D eigenvalue weighted by atomic mass is 32.2. The van der Waals surface area contributed by atoms with Crippen LogP contribution >= 0.6 is 0 Å². The maximum Gasteiger partial charge on any atom is 0.338 e. The molecule has 0 saturated heterocycles. The molecule has 2 aromatic heterocycles. The highest BCUT2D eigenvalue weighted by molar-refractivity contribution is 7.89. The van der Waals surface area contributed by atoms with E-state index in [-0.39, 0.29) is 16.4 Å². The van der Waals surface area contributed by atoms with E-state index in [1.54, 1.807) is 18.2 Å². The van der Waals surface area contributed by atoms with Gasteiger partial charge in [-0.05, 0) is 24.3 Å². The number of aliphatic carboxylic acids is 1. The van der Waals surface area contributed by atoms with Gasteiger partial charge in [0.15, 0.2) is 0 Å². The van der Waals surface area contributed by atoms with E-state index in [1.165, 1.54) is 40.9 Å². The second-order valence-electron chi connectivity index (χ2n) is 7.86. The van der Waals surface area contributed by atoms with Crippen molar-refractivity contribution >= 4 is 33.4 Å². The molecular weight excluding hydrogens is 504 g/mol. The summed E-state index contributed by atoms with van der Waals surface area (Å²) in [6.45, 7) is 0.302. The lowest BCUT2D eigenvalue weighted by atomic mass is 10.2. The minimum Gasteiger partial charge on any atom is -0.493 e. The first-order valence-electron chi connectivity index (χ1n) is 11.1. The maximum atomic E-state index is 12.7. The Morgan fingerprint density at radius 3 is 2.51 bits per heavy atom. The average Bonchev–Trinajstić information content (AvgIpc) is 2.86. The van der Waals surface area contributed by atoms with E-state index in [0.717, 1.165) is 6.07 Å². The number of guanidine groups is 1. The number of carbonyl (C=O) groups excluding carboxylic acids is 1. The standard InChI is InChI=1S/C23H26N6O7S/c24-23(25)26-8-4-10-36-17-7-9-29-16(13-17)11-15(12-20(29)30)21(31)27-14-19(22(32)33)28-37(34,35)18-5-2-1-3-6-18/h1-3,5-7,9,11-13,19,28H,4,8,10,14H2,(H,27,31)(H,32,33)(H4,24,25,26)/p+1. The van der Waals surface area contributed by atoms with Crippen LogP contribution in [0, 0.1) is 0 Å². The van der Waals surface area contributed by atoms with Crippen LogP contribution in [-0.2, 0) is 14.8 Å². The highest BCUT2D eigenvalue weighted by Gasteiger charge is 2.26. The van der Waals surface area contributed by atoms with E-state index in [0.29, 0.717) is 30.8 Å². The van der Waals surface area contributed by atoms with Crippen molar-refractivity contribution in [3.63, 3.8) is 0 Å². The van der Waals surface area contributed by atoms with E-state index >= 15 is 0 Å². The number of rotatable bonds is 12. The lowest BCUT2D eigenvalue weighted by Crippen LogP contribution is -2.78. The Morgan fingerprint density at radius 2 is 1.84 bits per heavy atom. The molecule has 0 spiro atoms. The van der Waals surface area contributed by atoms with E-state index in [1.807, 2.05) is 0 Å². The van der Waals surface area contributed by atoms with Gasteiger partial charge in [0.2, 0.25) is 10.0 Å². The largest absolute Gasteiger partial charge is 0.493 e. The number of carboxylic acids is 1. The fourth-order valence-electron chi connectivity index (χ4n) is 3.26. The molecule has 0 fully saturated rings. The monoisotopic (exact) mass is 531 g/mol. The smallest absolute Gasteiger partial charge is 0.338 e. The number of amides is 1. The highest BCUT2D eigenvalue weighted by Crippen LogP contribution is 2.15. The molecule has 196 valence electrons. The van der Waals surface area contributed by atoms with Crippen molar-refractivity contribution in [2.75, 3.05) is 19.7 Å². The van der Waals surface area contributed by atoms with Crippen molar-refractivity contribution in [1.29, 1.82) is 0 Å². The fourth-order valence-corrected chi connectivity index (χ4v) is 4.47. The van der Waals surface area contributed by atoms with Crippen molar-refractivity contribution in [2.24, 2.45) is 11.5 Å². The van der Waals surface area contributed by atoms with Gasteiger partial charge in [0.1, 0.15) is 11.8 Å². The van der Waals surface area contributed by atoms with Gasteiger partial charge in [0.25, 0.3) is 11.5 Å². The number of fused-ring (bicyclic) bond motifs is 1. The van der Waals surface area contributed by atoms with Crippen molar-refractivity contribution in [3.8, 4) is 5.75 Å². The summed E-state index contributed by atoms with van der Waals surface area (Å²) in [6, 6.07) is 11.3. The minimum absolute atomic E-state index is 0.0321. The first kappa shape index (κ1) is 27.2. The molecule has 1 unspecified atom stereocenters. The third-order valence-electron chi connectivity index (χ3n) is 5.07. The molecule has 2 heterocycles. The number of sulfonamides is 1. The van der Waals surface area contributed by atoms with Crippen LogP contribution in [0.4, 0.5) is 0 Å². The van der Waals surface area contributed by atoms with E-state index in [4.69, 9.17) is 16.2 Å². The van der Waals surface area contributed by atoms with Gasteiger partial charge in [-0.15, -0.1) is 0 Å². The lowest BCUT2D eigenvalue weighted by molar-refractivity contribution is -0.460. The SMILES string of the molecule is NC(N)=[NH+]CCCOc1ccn2c(=O)cc(C(=O)NCC(NS(=O)(=O)c3ccccc3)C(=O)O)cc2c1. The molecule has 0 bridgehead atoms. The second-order valence-corrected chi connectivity index (χ2v) is 9.57. The second kappa shape index (κ2) is 12.0. The number of hydrogen-bond donors (Lipinski definition) is 6. The summed E-state index contributed by atoms with van der Waals surface area (Å²) in [5.74, 6) is -1.66. The van der Waals surface area contributed by atoms with Crippen molar-refractivity contribution < 1.29 is 32.8 Å². The van der Waals surface area contributed by atoms with E-state index in [2.05, 4.69) is 15.0 Å². The number of nitrogens with two attached hydrogens (primary N) is 2. The summed E-state index contributed by atoms with van der Waals surface area (Å²) in [5, 5.41) is 11.8. The van der Waals surface area contributed by atoms with Crippen LogP contribution in [0.1, 0.15) is 16.8 Å². The molecule has 1 atom stereocenters. The molecule has 37 heavy (non-hydrogen) atoms. The van der Waals surface area contributed by atoms with Crippen molar-refractivity contribution in [3.05, 3.63) is 76.7 Å². The molecule has 0 aliphatic heterocycles. The zero-order valence-corrected chi connectivity index (χ0v) is 20.4. The average molecular weight is 532 g/mol. The molecule has 1 aromatic carbocycles. The summed E-state index contributed by atoms with van der Waals surface area (Å²) in [4.78, 5) is 39.5. The first-order valence-corrected chi connectivity index (χ1v) is 12.5. The molecule has 13 nitrogen and oxygen atoms in total. The molecule has 0 radical (unpaired) electrons. The van der Waals surface area contributed by atoms with Gasteiger partial charge in [-0.2, -0.15) is 4.72 Å². The molecular formula is C23H27N6O7S+. The number of carboxylic acid groups (broad SMARTS) is 1. The van der Waals surface area contributed by atoms with Crippen LogP contribution in [0.25, 0.3) is 5.52 Å². The molecule has 3 rings (SSSR count). The number of benzene rings is 1. The van der Waals surface area contributed by atoms with Crippen molar-refractivity contribution in [2.45, 2.75) is 17.4 Å². The molecule has 1 amide bonds. The molecule has 14 heteroatoms. The van der Waals surface area contributed by atoms with Gasteiger partial charge in [-0.3, -0.25) is 35.2 Å². The van der Waals surface area contributed by atoms with Crippen LogP contribution < -0.4 is 36.8 Å². The predicted octanol–water partition coefficient (Wildman–Crippen LogP) is -2.42. The number of pyridine rings is 2. The third-order valence-corrected chi connectivity index (χ3v) is 6.56. The van der Waals surface area contributed by atoms with Gasteiger partial charge in [-0.1, -0.05) is 18.2 Å². The zero-order valence-electron chi connectivity index (χ0n) is 19.6. The van der Waals surface area contributed by atoms with E-state index in [9.17, 15) is 27.9 Å². The molecule has 0 saturated carbocycles. The Balaban J connectivity index is 1.70. The van der Waals surface area contributed by atoms with Gasteiger partial charge in [-0.25, -0.2) is 8.42 Å². The lowest BCUT2D eigenvalue weighted by Gasteiger charge is -2.16. The zero-order chi connectivity index (χ0) is 27.0. The summed E-state index contributed by atoms with van der Waals surface area (Å²) < 4.78 is 33.9.